The van der Waals surface area contributed by atoms with Crippen molar-refractivity contribution in [3.8, 4) is 0 Å². The highest BCUT2D eigenvalue weighted by Gasteiger charge is 2.02. The second-order valence-corrected chi connectivity index (χ2v) is 5.11. The smallest absolute Gasteiger partial charge is 0.123 e. The summed E-state index contributed by atoms with van der Waals surface area (Å²) in [6, 6.07) is 12.5. The van der Waals surface area contributed by atoms with Gasteiger partial charge in [0.2, 0.25) is 0 Å². The van der Waals surface area contributed by atoms with Crippen molar-refractivity contribution in [2.24, 2.45) is 0 Å². The zero-order valence-corrected chi connectivity index (χ0v) is 11.5. The summed E-state index contributed by atoms with van der Waals surface area (Å²) in [5.74, 6) is -0.269. The highest BCUT2D eigenvalue weighted by atomic mass is 35.5. The van der Waals surface area contributed by atoms with Crippen molar-refractivity contribution in [2.75, 3.05) is 11.6 Å². The number of nitrogens with one attached hydrogen (secondary N) is 1. The normalized spacial score (nSPS) is 10.4. The van der Waals surface area contributed by atoms with Gasteiger partial charge in [0, 0.05) is 22.2 Å². The van der Waals surface area contributed by atoms with Gasteiger partial charge in [0.05, 0.1) is 0 Å². The van der Waals surface area contributed by atoms with Gasteiger partial charge in [-0.25, -0.2) is 4.39 Å². The van der Waals surface area contributed by atoms with E-state index < -0.39 is 0 Å². The van der Waals surface area contributed by atoms with E-state index >= 15 is 0 Å². The maximum Gasteiger partial charge on any atom is 0.123 e. The van der Waals surface area contributed by atoms with Gasteiger partial charge in [-0.2, -0.15) is 0 Å². The number of rotatable bonds is 4. The first-order valence-corrected chi connectivity index (χ1v) is 7.11. The molecule has 2 aromatic carbocycles. The molecule has 0 aliphatic carbocycles. The third-order valence-electron chi connectivity index (χ3n) is 2.56. The second kappa shape index (κ2) is 6.12. The Bertz CT molecular complexity index is 545. The van der Waals surface area contributed by atoms with Crippen LogP contribution in [0.4, 0.5) is 10.1 Å². The summed E-state index contributed by atoms with van der Waals surface area (Å²) in [5, 5.41) is 3.81. The molecule has 0 amide bonds. The van der Waals surface area contributed by atoms with E-state index in [9.17, 15) is 4.39 Å². The summed E-state index contributed by atoms with van der Waals surface area (Å²) in [6.45, 7) is 0.508. The first-order valence-electron chi connectivity index (χ1n) is 5.51. The van der Waals surface area contributed by atoms with E-state index in [0.717, 1.165) is 11.3 Å². The monoisotopic (exact) mass is 281 g/mol. The minimum Gasteiger partial charge on any atom is -0.381 e. The van der Waals surface area contributed by atoms with Gasteiger partial charge < -0.3 is 5.32 Å². The minimum atomic E-state index is -0.269. The molecule has 0 aliphatic rings. The summed E-state index contributed by atoms with van der Waals surface area (Å²) in [4.78, 5) is 1.19. The standard InChI is InChI=1S/C14H13ClFNS/c1-18-13-4-2-3-12(8-13)17-9-10-7-11(16)5-6-14(10)15/h2-8,17H,9H2,1H3. The van der Waals surface area contributed by atoms with Crippen LogP contribution in [0.5, 0.6) is 0 Å². The SMILES string of the molecule is CSc1cccc(NCc2cc(F)ccc2Cl)c1. The highest BCUT2D eigenvalue weighted by Crippen LogP contribution is 2.21. The number of thioether (sulfide) groups is 1. The quantitative estimate of drug-likeness (QED) is 0.807. The number of benzene rings is 2. The largest absolute Gasteiger partial charge is 0.381 e. The topological polar surface area (TPSA) is 12.0 Å². The maximum atomic E-state index is 13.1. The molecular weight excluding hydrogens is 269 g/mol. The van der Waals surface area contributed by atoms with Gasteiger partial charge in [-0.3, -0.25) is 0 Å². The van der Waals surface area contributed by atoms with Gasteiger partial charge in [-0.05, 0) is 48.2 Å². The van der Waals surface area contributed by atoms with Crippen LogP contribution in [0.25, 0.3) is 0 Å². The van der Waals surface area contributed by atoms with Crippen LogP contribution in [0.2, 0.25) is 5.02 Å². The Morgan fingerprint density at radius 1 is 1.22 bits per heavy atom. The van der Waals surface area contributed by atoms with Gasteiger partial charge in [0.1, 0.15) is 5.82 Å². The molecule has 0 saturated heterocycles. The van der Waals surface area contributed by atoms with Crippen LogP contribution in [-0.4, -0.2) is 6.26 Å². The van der Waals surface area contributed by atoms with E-state index in [1.807, 2.05) is 24.5 Å². The fourth-order valence-corrected chi connectivity index (χ4v) is 2.25. The Morgan fingerprint density at radius 3 is 2.83 bits per heavy atom. The molecule has 0 bridgehead atoms. The van der Waals surface area contributed by atoms with Crippen LogP contribution in [0.1, 0.15) is 5.56 Å². The Kier molecular flexibility index (Phi) is 4.50. The van der Waals surface area contributed by atoms with Crippen molar-refractivity contribution in [3.05, 3.63) is 58.9 Å². The molecule has 0 spiro atoms. The Hall–Kier alpha value is -1.19. The van der Waals surface area contributed by atoms with E-state index in [-0.39, 0.29) is 5.82 Å². The van der Waals surface area contributed by atoms with Crippen LogP contribution < -0.4 is 5.32 Å². The van der Waals surface area contributed by atoms with Gasteiger partial charge in [0.25, 0.3) is 0 Å². The summed E-state index contributed by atoms with van der Waals surface area (Å²) in [5.41, 5.74) is 1.76. The number of anilines is 1. The van der Waals surface area contributed by atoms with Crippen molar-refractivity contribution in [2.45, 2.75) is 11.4 Å². The Balaban J connectivity index is 2.08. The van der Waals surface area contributed by atoms with Gasteiger partial charge >= 0.3 is 0 Å². The van der Waals surface area contributed by atoms with Crippen LogP contribution >= 0.6 is 23.4 Å². The molecule has 0 radical (unpaired) electrons. The fourth-order valence-electron chi connectivity index (χ4n) is 1.61. The Morgan fingerprint density at radius 2 is 2.06 bits per heavy atom. The molecule has 0 atom stereocenters. The number of hydrogen-bond donors (Lipinski definition) is 1. The third-order valence-corrected chi connectivity index (χ3v) is 3.65. The average molecular weight is 282 g/mol. The number of hydrogen-bond acceptors (Lipinski definition) is 2. The minimum absolute atomic E-state index is 0.269. The average Bonchev–Trinajstić information content (AvgIpc) is 2.40. The zero-order valence-electron chi connectivity index (χ0n) is 9.91. The van der Waals surface area contributed by atoms with Crippen LogP contribution in [-0.2, 0) is 6.54 Å². The lowest BCUT2D eigenvalue weighted by atomic mass is 10.2. The molecule has 18 heavy (non-hydrogen) atoms. The molecular formula is C14H13ClFNS. The third kappa shape index (κ3) is 3.40. The zero-order chi connectivity index (χ0) is 13.0. The van der Waals surface area contributed by atoms with Crippen molar-refractivity contribution >= 4 is 29.1 Å². The lowest BCUT2D eigenvalue weighted by Gasteiger charge is -2.09. The van der Waals surface area contributed by atoms with Crippen molar-refractivity contribution in [1.29, 1.82) is 0 Å². The first kappa shape index (κ1) is 13.2. The predicted molar refractivity (Wildman–Crippen MR) is 77.0 cm³/mol. The molecule has 0 heterocycles. The lowest BCUT2D eigenvalue weighted by Crippen LogP contribution is -2.00. The summed E-state index contributed by atoms with van der Waals surface area (Å²) in [7, 11) is 0. The molecule has 1 N–H and O–H groups in total. The highest BCUT2D eigenvalue weighted by molar-refractivity contribution is 7.98. The van der Waals surface area contributed by atoms with Crippen molar-refractivity contribution < 1.29 is 4.39 Å². The molecule has 0 unspecified atom stereocenters. The lowest BCUT2D eigenvalue weighted by molar-refractivity contribution is 0.626. The molecule has 0 fully saturated rings. The van der Waals surface area contributed by atoms with Crippen LogP contribution in [0.3, 0.4) is 0 Å². The summed E-state index contributed by atoms with van der Waals surface area (Å²) >= 11 is 7.69. The molecule has 2 aromatic rings. The summed E-state index contributed by atoms with van der Waals surface area (Å²) in [6.07, 6.45) is 2.03. The first-order chi connectivity index (χ1) is 8.69. The predicted octanol–water partition coefficient (Wildman–Crippen LogP) is 4.81. The molecule has 2 rings (SSSR count). The van der Waals surface area contributed by atoms with Crippen LogP contribution in [0.15, 0.2) is 47.4 Å². The van der Waals surface area contributed by atoms with Gasteiger partial charge in [0.15, 0.2) is 0 Å². The van der Waals surface area contributed by atoms with E-state index in [4.69, 9.17) is 11.6 Å². The molecule has 4 heteroatoms. The van der Waals surface area contributed by atoms with Crippen molar-refractivity contribution in [1.82, 2.24) is 0 Å². The summed E-state index contributed by atoms with van der Waals surface area (Å²) < 4.78 is 13.1. The Labute approximate surface area is 115 Å². The maximum absolute atomic E-state index is 13.1. The molecule has 0 aliphatic heterocycles. The number of halogens is 2. The molecule has 0 saturated carbocycles. The van der Waals surface area contributed by atoms with Crippen molar-refractivity contribution in [3.63, 3.8) is 0 Å². The molecule has 94 valence electrons. The van der Waals surface area contributed by atoms with E-state index in [1.165, 1.54) is 17.0 Å². The molecule has 1 nitrogen and oxygen atoms in total. The van der Waals surface area contributed by atoms with Crippen LogP contribution in [0, 0.1) is 5.82 Å². The van der Waals surface area contributed by atoms with E-state index in [1.54, 1.807) is 17.8 Å². The van der Waals surface area contributed by atoms with E-state index in [0.29, 0.717) is 11.6 Å². The fraction of sp³-hybridized carbons (Fsp3) is 0.143. The van der Waals surface area contributed by atoms with Gasteiger partial charge in [-0.15, -0.1) is 11.8 Å². The molecule has 0 aromatic heterocycles. The second-order valence-electron chi connectivity index (χ2n) is 3.82. The van der Waals surface area contributed by atoms with Gasteiger partial charge in [-0.1, -0.05) is 17.7 Å². The van der Waals surface area contributed by atoms with E-state index in [2.05, 4.69) is 11.4 Å².